The van der Waals surface area contributed by atoms with E-state index in [0.29, 0.717) is 17.9 Å². The largest absolute Gasteiger partial charge is 0.497 e. The third kappa shape index (κ3) is 6.84. The number of carbonyl (C=O) groups is 1. The Hall–Kier alpha value is -2.82. The van der Waals surface area contributed by atoms with Crippen molar-refractivity contribution in [3.05, 3.63) is 59.9 Å². The highest BCUT2D eigenvalue weighted by atomic mass is 16.5. The van der Waals surface area contributed by atoms with E-state index in [-0.39, 0.29) is 5.91 Å². The molecule has 0 saturated heterocycles. The number of hydrogen-bond acceptors (Lipinski definition) is 3. The zero-order valence-corrected chi connectivity index (χ0v) is 19.6. The number of carbonyl (C=O) groups excluding carboxylic acids is 1. The SMILES string of the molecule is CCCCCCCn1c(CCCCCNC(=O)c2cccc(OC)c2)nc2ccccc21. The number of nitrogens with zero attached hydrogens (tertiary/aromatic N) is 2. The van der Waals surface area contributed by atoms with Crippen LogP contribution in [0.3, 0.4) is 0 Å². The van der Waals surface area contributed by atoms with E-state index in [4.69, 9.17) is 9.72 Å². The number of fused-ring (bicyclic) bond motifs is 1. The molecule has 0 unspecified atom stereocenters. The normalized spacial score (nSPS) is 11.1. The van der Waals surface area contributed by atoms with Gasteiger partial charge in [0.15, 0.2) is 0 Å². The Morgan fingerprint density at radius 1 is 0.969 bits per heavy atom. The second-order valence-corrected chi connectivity index (χ2v) is 8.38. The number of aromatic nitrogens is 2. The molecular formula is C27H37N3O2. The quantitative estimate of drug-likeness (QED) is 0.309. The van der Waals surface area contributed by atoms with Crippen molar-refractivity contribution in [1.29, 1.82) is 0 Å². The summed E-state index contributed by atoms with van der Waals surface area (Å²) in [7, 11) is 1.61. The van der Waals surface area contributed by atoms with Gasteiger partial charge in [0.2, 0.25) is 0 Å². The molecule has 1 heterocycles. The first kappa shape index (κ1) is 23.8. The molecular weight excluding hydrogens is 398 g/mol. The van der Waals surface area contributed by atoms with Crippen LogP contribution in [0.25, 0.3) is 11.0 Å². The summed E-state index contributed by atoms with van der Waals surface area (Å²) >= 11 is 0. The molecule has 5 nitrogen and oxygen atoms in total. The fourth-order valence-electron chi connectivity index (χ4n) is 4.09. The van der Waals surface area contributed by atoms with Crippen molar-refractivity contribution in [2.24, 2.45) is 0 Å². The number of benzene rings is 2. The molecule has 3 rings (SSSR count). The summed E-state index contributed by atoms with van der Waals surface area (Å²) in [5.41, 5.74) is 2.99. The second kappa shape index (κ2) is 12.9. The highest BCUT2D eigenvalue weighted by Crippen LogP contribution is 2.19. The van der Waals surface area contributed by atoms with Gasteiger partial charge in [-0.25, -0.2) is 4.98 Å². The lowest BCUT2D eigenvalue weighted by atomic mass is 10.1. The molecule has 0 aliphatic carbocycles. The van der Waals surface area contributed by atoms with Crippen LogP contribution in [0, 0.1) is 0 Å². The minimum atomic E-state index is -0.0474. The number of nitrogens with one attached hydrogen (secondary N) is 1. The van der Waals surface area contributed by atoms with Gasteiger partial charge in [-0.1, -0.05) is 57.2 Å². The second-order valence-electron chi connectivity index (χ2n) is 8.38. The van der Waals surface area contributed by atoms with Crippen LogP contribution in [-0.4, -0.2) is 29.1 Å². The van der Waals surface area contributed by atoms with Crippen LogP contribution in [0.2, 0.25) is 0 Å². The van der Waals surface area contributed by atoms with E-state index in [2.05, 4.69) is 41.1 Å². The molecule has 3 aromatic rings. The molecule has 32 heavy (non-hydrogen) atoms. The van der Waals surface area contributed by atoms with Crippen molar-refractivity contribution < 1.29 is 9.53 Å². The minimum Gasteiger partial charge on any atom is -0.497 e. The molecule has 0 aliphatic rings. The number of amides is 1. The average Bonchev–Trinajstić information content (AvgIpc) is 3.18. The molecule has 1 N–H and O–H groups in total. The van der Waals surface area contributed by atoms with Crippen molar-refractivity contribution in [3.8, 4) is 5.75 Å². The Kier molecular flexibility index (Phi) is 9.60. The highest BCUT2D eigenvalue weighted by molar-refractivity contribution is 5.94. The summed E-state index contributed by atoms with van der Waals surface area (Å²) in [6, 6.07) is 15.7. The molecule has 1 aromatic heterocycles. The highest BCUT2D eigenvalue weighted by Gasteiger charge is 2.10. The van der Waals surface area contributed by atoms with Gasteiger partial charge in [0.1, 0.15) is 11.6 Å². The average molecular weight is 436 g/mol. The van der Waals surface area contributed by atoms with Gasteiger partial charge in [-0.15, -0.1) is 0 Å². The summed E-state index contributed by atoms with van der Waals surface area (Å²) in [5.74, 6) is 1.85. The summed E-state index contributed by atoms with van der Waals surface area (Å²) in [5, 5.41) is 3.01. The summed E-state index contributed by atoms with van der Waals surface area (Å²) < 4.78 is 7.61. The molecule has 0 bridgehead atoms. The Balaban J connectivity index is 1.44. The number of hydrogen-bond donors (Lipinski definition) is 1. The third-order valence-corrected chi connectivity index (χ3v) is 5.91. The molecule has 2 aromatic carbocycles. The van der Waals surface area contributed by atoms with Gasteiger partial charge < -0.3 is 14.6 Å². The molecule has 0 fully saturated rings. The number of aryl methyl sites for hydroxylation is 2. The standard InChI is InChI=1S/C27H37N3O2/c1-3-4-5-6-12-20-30-25-17-10-9-16-24(25)29-26(30)18-8-7-11-19-28-27(31)22-14-13-15-23(21-22)32-2/h9-10,13-17,21H,3-8,11-12,18-20H2,1-2H3,(H,28,31). The number of rotatable bonds is 14. The van der Waals surface area contributed by atoms with Crippen molar-refractivity contribution in [2.75, 3.05) is 13.7 Å². The lowest BCUT2D eigenvalue weighted by Crippen LogP contribution is -2.24. The van der Waals surface area contributed by atoms with E-state index in [1.807, 2.05) is 18.2 Å². The van der Waals surface area contributed by atoms with Crippen LogP contribution >= 0.6 is 0 Å². The predicted octanol–water partition coefficient (Wildman–Crippen LogP) is 6.16. The first-order valence-electron chi connectivity index (χ1n) is 12.1. The summed E-state index contributed by atoms with van der Waals surface area (Å²) in [6.45, 7) is 3.99. The predicted molar refractivity (Wildman–Crippen MR) is 131 cm³/mol. The van der Waals surface area contributed by atoms with E-state index < -0.39 is 0 Å². The number of ether oxygens (including phenoxy) is 1. The van der Waals surface area contributed by atoms with Crippen molar-refractivity contribution in [2.45, 2.75) is 71.3 Å². The molecule has 0 radical (unpaired) electrons. The summed E-state index contributed by atoms with van der Waals surface area (Å²) in [4.78, 5) is 17.2. The third-order valence-electron chi connectivity index (χ3n) is 5.91. The smallest absolute Gasteiger partial charge is 0.251 e. The first-order chi connectivity index (χ1) is 15.7. The fourth-order valence-corrected chi connectivity index (χ4v) is 4.09. The van der Waals surface area contributed by atoms with E-state index in [1.54, 1.807) is 13.2 Å². The van der Waals surface area contributed by atoms with Crippen LogP contribution in [-0.2, 0) is 13.0 Å². The molecule has 1 amide bonds. The van der Waals surface area contributed by atoms with Crippen LogP contribution in [0.4, 0.5) is 0 Å². The van der Waals surface area contributed by atoms with Gasteiger partial charge in [0.05, 0.1) is 18.1 Å². The van der Waals surface area contributed by atoms with Crippen LogP contribution in [0.5, 0.6) is 5.75 Å². The Morgan fingerprint density at radius 3 is 2.62 bits per heavy atom. The lowest BCUT2D eigenvalue weighted by Gasteiger charge is -2.10. The van der Waals surface area contributed by atoms with E-state index in [1.165, 1.54) is 43.4 Å². The zero-order valence-electron chi connectivity index (χ0n) is 19.6. The molecule has 0 saturated carbocycles. The lowest BCUT2D eigenvalue weighted by molar-refractivity contribution is 0.0952. The van der Waals surface area contributed by atoms with Crippen molar-refractivity contribution >= 4 is 16.9 Å². The Bertz CT molecular complexity index is 980. The van der Waals surface area contributed by atoms with Gasteiger partial charge in [-0.3, -0.25) is 4.79 Å². The molecule has 5 heteroatoms. The minimum absolute atomic E-state index is 0.0474. The van der Waals surface area contributed by atoms with E-state index in [9.17, 15) is 4.79 Å². The van der Waals surface area contributed by atoms with Crippen LogP contribution in [0.1, 0.15) is 74.5 Å². The Morgan fingerprint density at radius 2 is 1.78 bits per heavy atom. The zero-order chi connectivity index (χ0) is 22.6. The van der Waals surface area contributed by atoms with Crippen molar-refractivity contribution in [1.82, 2.24) is 14.9 Å². The molecule has 0 atom stereocenters. The summed E-state index contributed by atoms with van der Waals surface area (Å²) in [6.07, 6.45) is 10.5. The first-order valence-corrected chi connectivity index (χ1v) is 12.1. The molecule has 172 valence electrons. The van der Waals surface area contributed by atoms with Gasteiger partial charge in [-0.2, -0.15) is 0 Å². The molecule has 0 aliphatic heterocycles. The van der Waals surface area contributed by atoms with E-state index in [0.717, 1.165) is 37.7 Å². The maximum absolute atomic E-state index is 12.3. The van der Waals surface area contributed by atoms with Gasteiger partial charge in [0.25, 0.3) is 5.91 Å². The van der Waals surface area contributed by atoms with E-state index >= 15 is 0 Å². The maximum atomic E-state index is 12.3. The monoisotopic (exact) mass is 435 g/mol. The van der Waals surface area contributed by atoms with Gasteiger partial charge in [0, 0.05) is 25.1 Å². The fraction of sp³-hybridized carbons (Fsp3) is 0.481. The Labute approximate surface area is 192 Å². The van der Waals surface area contributed by atoms with Crippen LogP contribution < -0.4 is 10.1 Å². The van der Waals surface area contributed by atoms with Crippen molar-refractivity contribution in [3.63, 3.8) is 0 Å². The number of para-hydroxylation sites is 2. The van der Waals surface area contributed by atoms with Gasteiger partial charge in [-0.05, 0) is 49.6 Å². The topological polar surface area (TPSA) is 56.2 Å². The number of imidazole rings is 1. The molecule has 0 spiro atoms. The van der Waals surface area contributed by atoms with Crippen LogP contribution in [0.15, 0.2) is 48.5 Å². The van der Waals surface area contributed by atoms with Gasteiger partial charge >= 0.3 is 0 Å². The number of methoxy groups -OCH3 is 1. The maximum Gasteiger partial charge on any atom is 0.251 e. The number of unbranched alkanes of at least 4 members (excludes halogenated alkanes) is 6.